The highest BCUT2D eigenvalue weighted by atomic mass is 14.8. The van der Waals surface area contributed by atoms with E-state index in [0.717, 1.165) is 17.1 Å². The summed E-state index contributed by atoms with van der Waals surface area (Å²) in [5.41, 5.74) is 7.17. The number of aromatic amines is 1. The highest BCUT2D eigenvalue weighted by Gasteiger charge is 2.29. The molecule has 3 aromatic rings. The number of nitrogens with one attached hydrogen (secondary N) is 1. The maximum absolute atomic E-state index is 5.06. The van der Waals surface area contributed by atoms with Gasteiger partial charge in [-0.1, -0.05) is 90.1 Å². The number of aliphatic imine (C=N–C) groups is 1. The van der Waals surface area contributed by atoms with Crippen molar-refractivity contribution in [1.82, 2.24) is 4.98 Å². The number of rotatable bonds is 1. The fraction of sp³-hybridized carbons (Fsp3) is 0.320. The summed E-state index contributed by atoms with van der Waals surface area (Å²) in [6.45, 7) is 13.4. The van der Waals surface area contributed by atoms with Crippen LogP contribution in [-0.4, -0.2) is 10.7 Å². The molecule has 2 nitrogen and oxygen atoms in total. The molecule has 2 heteroatoms. The number of aromatic nitrogens is 1. The molecule has 0 spiro atoms. The average molecular weight is 357 g/mol. The van der Waals surface area contributed by atoms with Gasteiger partial charge in [-0.25, -0.2) is 0 Å². The summed E-state index contributed by atoms with van der Waals surface area (Å²) >= 11 is 0. The van der Waals surface area contributed by atoms with E-state index in [1.165, 1.54) is 27.6 Å². The van der Waals surface area contributed by atoms with Crippen molar-refractivity contribution in [2.24, 2.45) is 10.4 Å². The van der Waals surface area contributed by atoms with Crippen LogP contribution >= 0.6 is 0 Å². The number of fused-ring (bicyclic) bond motifs is 2. The van der Waals surface area contributed by atoms with E-state index in [1.54, 1.807) is 0 Å². The number of nitrogens with zero attached hydrogens (tertiary/aromatic N) is 1. The van der Waals surface area contributed by atoms with Crippen molar-refractivity contribution in [1.29, 1.82) is 0 Å². The molecule has 0 unspecified atom stereocenters. The van der Waals surface area contributed by atoms with Crippen LogP contribution in [0.15, 0.2) is 53.5 Å². The summed E-state index contributed by atoms with van der Waals surface area (Å²) in [7, 11) is 0. The minimum Gasteiger partial charge on any atom is -0.357 e. The first-order chi connectivity index (χ1) is 12.7. The molecule has 4 rings (SSSR count). The van der Waals surface area contributed by atoms with Crippen LogP contribution in [0.2, 0.25) is 0 Å². The van der Waals surface area contributed by atoms with Gasteiger partial charge in [0.05, 0.1) is 11.4 Å². The molecule has 1 N–H and O–H groups in total. The largest absolute Gasteiger partial charge is 0.357 e. The number of benzene rings is 2. The van der Waals surface area contributed by atoms with Gasteiger partial charge in [-0.3, -0.25) is 4.99 Å². The van der Waals surface area contributed by atoms with Gasteiger partial charge in [0, 0.05) is 44.1 Å². The number of hydrogen-bond donors (Lipinski definition) is 1. The molecule has 0 fully saturated rings. The van der Waals surface area contributed by atoms with Gasteiger partial charge < -0.3 is 4.98 Å². The third kappa shape index (κ3) is 3.03. The van der Waals surface area contributed by atoms with Gasteiger partial charge in [0.15, 0.2) is 0 Å². The third-order valence-electron chi connectivity index (χ3n) is 5.18. The molecule has 0 radical (unpaired) electrons. The van der Waals surface area contributed by atoms with Crippen molar-refractivity contribution in [3.8, 4) is 0 Å². The number of hydrogen-bond acceptors (Lipinski definition) is 1. The van der Waals surface area contributed by atoms with Crippen molar-refractivity contribution in [3.63, 3.8) is 0 Å². The predicted molar refractivity (Wildman–Crippen MR) is 117 cm³/mol. The van der Waals surface area contributed by atoms with E-state index in [2.05, 4.69) is 101 Å². The van der Waals surface area contributed by atoms with Gasteiger partial charge in [0.2, 0.25) is 0 Å². The SMILES string of the molecule is CC(C)(C)C1=N/C(=C\c2[nH]c(C(C)(C)C)c3ccccc23)c2ccccc21. The smallest absolute Gasteiger partial charge is 0.0733 e. The van der Waals surface area contributed by atoms with Crippen LogP contribution in [0.1, 0.15) is 64.1 Å². The maximum Gasteiger partial charge on any atom is 0.0733 e. The molecule has 0 saturated carbocycles. The lowest BCUT2D eigenvalue weighted by molar-refractivity contribution is 0.577. The average Bonchev–Trinajstić information content (AvgIpc) is 3.15. The van der Waals surface area contributed by atoms with Crippen LogP contribution in [0.5, 0.6) is 0 Å². The van der Waals surface area contributed by atoms with Gasteiger partial charge in [0.25, 0.3) is 0 Å². The molecule has 2 heterocycles. The first kappa shape index (κ1) is 17.8. The zero-order chi connectivity index (χ0) is 19.4. The Hall–Kier alpha value is -2.61. The minimum absolute atomic E-state index is 0.0140. The van der Waals surface area contributed by atoms with Crippen molar-refractivity contribution in [2.75, 3.05) is 0 Å². The van der Waals surface area contributed by atoms with Crippen molar-refractivity contribution in [2.45, 2.75) is 47.0 Å². The summed E-state index contributed by atoms with van der Waals surface area (Å²) in [6.07, 6.45) is 2.22. The quantitative estimate of drug-likeness (QED) is 0.496. The van der Waals surface area contributed by atoms with E-state index in [1.807, 2.05) is 0 Å². The summed E-state index contributed by atoms with van der Waals surface area (Å²) in [5.74, 6) is 0. The van der Waals surface area contributed by atoms with Crippen molar-refractivity contribution in [3.05, 3.63) is 71.0 Å². The third-order valence-corrected chi connectivity index (χ3v) is 5.18. The van der Waals surface area contributed by atoms with E-state index in [9.17, 15) is 0 Å². The second kappa shape index (κ2) is 5.95. The predicted octanol–water partition coefficient (Wildman–Crippen LogP) is 6.81. The van der Waals surface area contributed by atoms with Crippen molar-refractivity contribution < 1.29 is 0 Å². The summed E-state index contributed by atoms with van der Waals surface area (Å²) in [6, 6.07) is 17.2. The van der Waals surface area contributed by atoms with Crippen LogP contribution < -0.4 is 0 Å². The first-order valence-electron chi connectivity index (χ1n) is 9.68. The van der Waals surface area contributed by atoms with Crippen LogP contribution in [0, 0.1) is 5.41 Å². The molecule has 27 heavy (non-hydrogen) atoms. The second-order valence-electron chi connectivity index (χ2n) is 9.49. The maximum atomic E-state index is 5.06. The van der Waals surface area contributed by atoms with E-state index in [-0.39, 0.29) is 10.8 Å². The van der Waals surface area contributed by atoms with Crippen molar-refractivity contribution >= 4 is 28.3 Å². The molecule has 0 saturated heterocycles. The molecular weight excluding hydrogens is 328 g/mol. The molecule has 1 aliphatic rings. The van der Waals surface area contributed by atoms with Crippen LogP contribution in [0.25, 0.3) is 22.5 Å². The Morgan fingerprint density at radius 3 is 1.96 bits per heavy atom. The Bertz CT molecular complexity index is 1080. The molecule has 1 aliphatic heterocycles. The van der Waals surface area contributed by atoms with Crippen LogP contribution in [-0.2, 0) is 5.41 Å². The lowest BCUT2D eigenvalue weighted by atomic mass is 9.85. The monoisotopic (exact) mass is 356 g/mol. The molecule has 0 amide bonds. The van der Waals surface area contributed by atoms with Gasteiger partial charge in [0.1, 0.15) is 0 Å². The number of H-pyrrole nitrogens is 1. The van der Waals surface area contributed by atoms with Gasteiger partial charge in [-0.2, -0.15) is 0 Å². The lowest BCUT2D eigenvalue weighted by Crippen LogP contribution is -2.19. The van der Waals surface area contributed by atoms with Gasteiger partial charge in [-0.15, -0.1) is 0 Å². The van der Waals surface area contributed by atoms with Gasteiger partial charge >= 0.3 is 0 Å². The van der Waals surface area contributed by atoms with E-state index in [4.69, 9.17) is 4.99 Å². The normalized spacial score (nSPS) is 16.1. The minimum atomic E-state index is 0.0140. The Kier molecular flexibility index (Phi) is 3.92. The zero-order valence-electron chi connectivity index (χ0n) is 17.1. The molecule has 0 atom stereocenters. The highest BCUT2D eigenvalue weighted by Crippen LogP contribution is 2.38. The van der Waals surface area contributed by atoms with E-state index >= 15 is 0 Å². The first-order valence-corrected chi connectivity index (χ1v) is 9.68. The molecule has 0 bridgehead atoms. The van der Waals surface area contributed by atoms with Crippen LogP contribution in [0.3, 0.4) is 0 Å². The molecule has 0 aliphatic carbocycles. The topological polar surface area (TPSA) is 28.1 Å². The Morgan fingerprint density at radius 2 is 1.33 bits per heavy atom. The fourth-order valence-electron chi connectivity index (χ4n) is 3.88. The highest BCUT2D eigenvalue weighted by molar-refractivity contribution is 6.16. The second-order valence-corrected chi connectivity index (χ2v) is 9.49. The molecular formula is C25H28N2. The Labute approximate surface area is 162 Å². The van der Waals surface area contributed by atoms with Crippen LogP contribution in [0.4, 0.5) is 0 Å². The van der Waals surface area contributed by atoms with E-state index < -0.39 is 0 Å². The molecule has 138 valence electrons. The summed E-state index contributed by atoms with van der Waals surface area (Å²) in [5, 5.41) is 2.55. The Balaban J connectivity index is 1.94. The fourth-order valence-corrected chi connectivity index (χ4v) is 3.88. The summed E-state index contributed by atoms with van der Waals surface area (Å²) in [4.78, 5) is 8.75. The standard InChI is InChI=1S/C25H28N2/c1-24(2,3)22-18-13-9-7-11-16(18)20(26-22)15-21-17-12-8-10-14-19(17)23(27-21)25(4,5)6/h7-15,26H,1-6H3/b21-15-. The van der Waals surface area contributed by atoms with E-state index in [0.29, 0.717) is 0 Å². The lowest BCUT2D eigenvalue weighted by Gasteiger charge is -2.19. The van der Waals surface area contributed by atoms with Gasteiger partial charge in [-0.05, 0) is 6.08 Å². The molecule has 2 aromatic carbocycles. The zero-order valence-corrected chi connectivity index (χ0v) is 17.1. The summed E-state index contributed by atoms with van der Waals surface area (Å²) < 4.78 is 0. The molecule has 1 aromatic heterocycles. The Morgan fingerprint density at radius 1 is 0.741 bits per heavy atom.